The quantitative estimate of drug-likeness (QED) is 0.726. The van der Waals surface area contributed by atoms with Crippen molar-refractivity contribution in [2.45, 2.75) is 97.2 Å². The van der Waals surface area contributed by atoms with Gasteiger partial charge in [-0.3, -0.25) is 4.79 Å². The minimum absolute atomic E-state index is 0.00340. The summed E-state index contributed by atoms with van der Waals surface area (Å²) in [7, 11) is 0. The zero-order chi connectivity index (χ0) is 16.3. The van der Waals surface area contributed by atoms with Crippen LogP contribution in [0.25, 0.3) is 0 Å². The van der Waals surface area contributed by atoms with E-state index in [9.17, 15) is 4.79 Å². The summed E-state index contributed by atoms with van der Waals surface area (Å²) < 4.78 is 18.3. The van der Waals surface area contributed by atoms with Crippen LogP contribution in [0.2, 0.25) is 0 Å². The maximum atomic E-state index is 11.5. The first-order valence-corrected chi connectivity index (χ1v) is 8.96. The van der Waals surface area contributed by atoms with E-state index in [1.165, 1.54) is 6.92 Å². The van der Waals surface area contributed by atoms with Gasteiger partial charge in [0.25, 0.3) is 0 Å². The molecule has 0 radical (unpaired) electrons. The van der Waals surface area contributed by atoms with Crippen molar-refractivity contribution in [1.29, 1.82) is 0 Å². The minimum atomic E-state index is -0.228. The van der Waals surface area contributed by atoms with E-state index < -0.39 is 0 Å². The Morgan fingerprint density at radius 1 is 1.09 bits per heavy atom. The van der Waals surface area contributed by atoms with Gasteiger partial charge in [0.05, 0.1) is 24.4 Å². The number of ether oxygens (including phenoxy) is 3. The monoisotopic (exact) mass is 312 g/mol. The third-order valence-electron chi connectivity index (χ3n) is 5.14. The fraction of sp³-hybridized carbons (Fsp3) is 0.944. The van der Waals surface area contributed by atoms with E-state index in [1.54, 1.807) is 0 Å². The highest BCUT2D eigenvalue weighted by molar-refractivity contribution is 5.66. The molecule has 0 saturated carbocycles. The molecule has 7 atom stereocenters. The molecular weight excluding hydrogens is 280 g/mol. The van der Waals surface area contributed by atoms with Crippen LogP contribution >= 0.6 is 0 Å². The Hall–Kier alpha value is -0.610. The van der Waals surface area contributed by atoms with E-state index in [0.29, 0.717) is 12.0 Å². The first-order valence-electron chi connectivity index (χ1n) is 8.96. The maximum Gasteiger partial charge on any atom is 0.303 e. The lowest BCUT2D eigenvalue weighted by molar-refractivity contribution is -0.260. The first kappa shape index (κ1) is 17.7. The van der Waals surface area contributed by atoms with Crippen LogP contribution in [0.15, 0.2) is 0 Å². The summed E-state index contributed by atoms with van der Waals surface area (Å²) in [5.41, 5.74) is 0. The zero-order valence-corrected chi connectivity index (χ0v) is 14.7. The molecule has 2 aliphatic heterocycles. The number of carbonyl (C=O) groups excluding carboxylic acids is 1. The molecule has 0 aliphatic carbocycles. The van der Waals surface area contributed by atoms with E-state index >= 15 is 0 Å². The molecule has 128 valence electrons. The molecule has 2 aliphatic rings. The number of fused-ring (bicyclic) bond motifs is 1. The number of carbonyl (C=O) groups is 1. The highest BCUT2D eigenvalue weighted by Gasteiger charge is 2.49. The highest BCUT2D eigenvalue weighted by Crippen LogP contribution is 2.40. The van der Waals surface area contributed by atoms with Gasteiger partial charge in [-0.2, -0.15) is 0 Å². The smallest absolute Gasteiger partial charge is 0.303 e. The summed E-state index contributed by atoms with van der Waals surface area (Å²) in [4.78, 5) is 11.5. The summed E-state index contributed by atoms with van der Waals surface area (Å²) in [6.07, 6.45) is 5.54. The molecule has 2 fully saturated rings. The Labute approximate surface area is 134 Å². The molecule has 2 saturated heterocycles. The van der Waals surface area contributed by atoms with Crippen molar-refractivity contribution < 1.29 is 19.0 Å². The maximum absolute atomic E-state index is 11.5. The van der Waals surface area contributed by atoms with Crippen molar-refractivity contribution >= 4 is 5.97 Å². The number of rotatable bonds is 5. The lowest BCUT2D eigenvalue weighted by Gasteiger charge is -2.50. The molecule has 0 amide bonds. The molecule has 0 spiro atoms. The second-order valence-electron chi connectivity index (χ2n) is 7.08. The molecule has 0 aromatic heterocycles. The molecule has 0 bridgehead atoms. The fourth-order valence-corrected chi connectivity index (χ4v) is 4.03. The average molecular weight is 312 g/mol. The van der Waals surface area contributed by atoms with Crippen molar-refractivity contribution in [3.63, 3.8) is 0 Å². The van der Waals surface area contributed by atoms with Gasteiger partial charge < -0.3 is 14.2 Å². The van der Waals surface area contributed by atoms with Crippen LogP contribution in [0, 0.1) is 11.8 Å². The van der Waals surface area contributed by atoms with Gasteiger partial charge in [-0.25, -0.2) is 0 Å². The van der Waals surface area contributed by atoms with Gasteiger partial charge in [-0.1, -0.05) is 40.5 Å². The fourth-order valence-electron chi connectivity index (χ4n) is 4.03. The molecule has 0 aromatic carbocycles. The number of hydrogen-bond donors (Lipinski definition) is 0. The van der Waals surface area contributed by atoms with Gasteiger partial charge in [0.2, 0.25) is 0 Å². The van der Waals surface area contributed by atoms with Crippen LogP contribution in [0.5, 0.6) is 0 Å². The predicted octanol–water partition coefficient (Wildman–Crippen LogP) is 3.72. The van der Waals surface area contributed by atoms with E-state index in [-0.39, 0.29) is 36.3 Å². The normalized spacial score (nSPS) is 41.8. The van der Waals surface area contributed by atoms with Crippen molar-refractivity contribution in [1.82, 2.24) is 0 Å². The van der Waals surface area contributed by atoms with Gasteiger partial charge in [-0.15, -0.1) is 0 Å². The molecule has 0 aromatic rings. The van der Waals surface area contributed by atoms with Crippen LogP contribution < -0.4 is 0 Å². The number of hydrogen-bond acceptors (Lipinski definition) is 4. The molecule has 0 N–H and O–H groups in total. The standard InChI is InChI=1S/C18H32O4/c1-6-8-14-11(3)10-16-18(22-14)12(4)17(20-13(5)19)15(21-16)9-7-2/h11-12,14-18H,6-10H2,1-5H3/t11-,12-,14-,15+,16+,17-,18+/m1/s1. The Kier molecular flexibility index (Phi) is 6.27. The zero-order valence-electron chi connectivity index (χ0n) is 14.7. The van der Waals surface area contributed by atoms with Crippen LogP contribution in [-0.4, -0.2) is 36.5 Å². The topological polar surface area (TPSA) is 44.8 Å². The van der Waals surface area contributed by atoms with Crippen LogP contribution in [0.3, 0.4) is 0 Å². The summed E-state index contributed by atoms with van der Waals surface area (Å²) in [5.74, 6) is 0.487. The van der Waals surface area contributed by atoms with Gasteiger partial charge in [0.15, 0.2) is 0 Å². The van der Waals surface area contributed by atoms with Crippen molar-refractivity contribution in [2.75, 3.05) is 0 Å². The first-order chi connectivity index (χ1) is 10.5. The van der Waals surface area contributed by atoms with E-state index in [0.717, 1.165) is 32.1 Å². The number of esters is 1. The second-order valence-corrected chi connectivity index (χ2v) is 7.08. The molecule has 4 heteroatoms. The third-order valence-corrected chi connectivity index (χ3v) is 5.14. The van der Waals surface area contributed by atoms with Crippen molar-refractivity contribution in [2.24, 2.45) is 11.8 Å². The summed E-state index contributed by atoms with van der Waals surface area (Å²) in [5, 5.41) is 0. The third kappa shape index (κ3) is 3.83. The second kappa shape index (κ2) is 7.78. The highest BCUT2D eigenvalue weighted by atomic mass is 16.6. The average Bonchev–Trinajstić information content (AvgIpc) is 2.45. The SMILES string of the molecule is CCC[C@@H]1O[C@H]2C[C@@H](C)[C@@H](CCC)O[C@H]2[C@H](C)[C@H]1OC(C)=O. The van der Waals surface area contributed by atoms with Crippen LogP contribution in [0.1, 0.15) is 66.7 Å². The lowest BCUT2D eigenvalue weighted by atomic mass is 9.79. The van der Waals surface area contributed by atoms with Gasteiger partial charge >= 0.3 is 5.97 Å². The lowest BCUT2D eigenvalue weighted by Crippen LogP contribution is -2.59. The molecule has 22 heavy (non-hydrogen) atoms. The van der Waals surface area contributed by atoms with E-state index in [2.05, 4.69) is 27.7 Å². The van der Waals surface area contributed by atoms with Crippen molar-refractivity contribution in [3.05, 3.63) is 0 Å². The van der Waals surface area contributed by atoms with E-state index in [1.807, 2.05) is 0 Å². The predicted molar refractivity (Wildman–Crippen MR) is 85.6 cm³/mol. The molecular formula is C18H32O4. The van der Waals surface area contributed by atoms with Crippen molar-refractivity contribution in [3.8, 4) is 0 Å². The van der Waals surface area contributed by atoms with Crippen LogP contribution in [-0.2, 0) is 19.0 Å². The van der Waals surface area contributed by atoms with Gasteiger partial charge in [0, 0.05) is 12.8 Å². The summed E-state index contributed by atoms with van der Waals surface area (Å²) >= 11 is 0. The van der Waals surface area contributed by atoms with Gasteiger partial charge in [0.1, 0.15) is 6.10 Å². The Bertz CT molecular complexity index is 370. The largest absolute Gasteiger partial charge is 0.459 e. The Morgan fingerprint density at radius 3 is 2.32 bits per heavy atom. The summed E-state index contributed by atoms with van der Waals surface area (Å²) in [6.45, 7) is 10.2. The van der Waals surface area contributed by atoms with E-state index in [4.69, 9.17) is 14.2 Å². The Balaban J connectivity index is 2.13. The molecule has 4 nitrogen and oxygen atoms in total. The molecule has 2 heterocycles. The molecule has 0 unspecified atom stereocenters. The minimum Gasteiger partial charge on any atom is -0.459 e. The Morgan fingerprint density at radius 2 is 1.73 bits per heavy atom. The summed E-state index contributed by atoms with van der Waals surface area (Å²) in [6, 6.07) is 0. The van der Waals surface area contributed by atoms with Gasteiger partial charge in [-0.05, 0) is 25.2 Å². The molecule has 2 rings (SSSR count). The van der Waals surface area contributed by atoms with Crippen LogP contribution in [0.4, 0.5) is 0 Å².